The van der Waals surface area contributed by atoms with Crippen molar-refractivity contribution in [1.82, 2.24) is 0 Å². The molecule has 0 aliphatic carbocycles. The van der Waals surface area contributed by atoms with E-state index in [0.29, 0.717) is 22.7 Å². The molecule has 1 amide bonds. The fourth-order valence-electron chi connectivity index (χ4n) is 2.77. The van der Waals surface area contributed by atoms with E-state index in [9.17, 15) is 14.4 Å². The molecule has 150 valence electrons. The van der Waals surface area contributed by atoms with Crippen molar-refractivity contribution < 1.29 is 18.7 Å². The first kappa shape index (κ1) is 20.6. The number of carbonyl (C=O) groups is 1. The van der Waals surface area contributed by atoms with Gasteiger partial charge < -0.3 is 14.8 Å². The maximum atomic E-state index is 14.0. The van der Waals surface area contributed by atoms with Gasteiger partial charge in [0.25, 0.3) is 5.91 Å². The van der Waals surface area contributed by atoms with Crippen molar-refractivity contribution in [2.75, 3.05) is 19.0 Å². The minimum absolute atomic E-state index is 0.186. The SMILES string of the molecule is COc1cc(/C=C(/C#N)c2ccccc2F)ccc1OCC(=O)Nc1ccccc1. The van der Waals surface area contributed by atoms with Crippen LogP contribution < -0.4 is 14.8 Å². The summed E-state index contributed by atoms with van der Waals surface area (Å²) in [7, 11) is 1.47. The van der Waals surface area contributed by atoms with Gasteiger partial charge in [-0.1, -0.05) is 42.5 Å². The highest BCUT2D eigenvalue weighted by molar-refractivity contribution is 5.92. The van der Waals surface area contributed by atoms with Crippen molar-refractivity contribution in [2.45, 2.75) is 0 Å². The molecule has 6 heteroatoms. The molecule has 0 saturated carbocycles. The molecule has 0 heterocycles. The highest BCUT2D eigenvalue weighted by Crippen LogP contribution is 2.30. The number of rotatable bonds is 7. The number of hydrogen-bond donors (Lipinski definition) is 1. The lowest BCUT2D eigenvalue weighted by Crippen LogP contribution is -2.20. The second-order valence-electron chi connectivity index (χ2n) is 6.26. The van der Waals surface area contributed by atoms with E-state index in [0.717, 1.165) is 0 Å². The summed E-state index contributed by atoms with van der Waals surface area (Å²) >= 11 is 0. The summed E-state index contributed by atoms with van der Waals surface area (Å²) in [5.41, 5.74) is 1.71. The van der Waals surface area contributed by atoms with Gasteiger partial charge in [-0.2, -0.15) is 5.26 Å². The molecular formula is C24H19FN2O3. The van der Waals surface area contributed by atoms with E-state index >= 15 is 0 Å². The first-order valence-corrected chi connectivity index (χ1v) is 9.13. The first-order chi connectivity index (χ1) is 14.6. The smallest absolute Gasteiger partial charge is 0.262 e. The van der Waals surface area contributed by atoms with E-state index in [-0.39, 0.29) is 23.7 Å². The molecule has 0 aliphatic heterocycles. The highest BCUT2D eigenvalue weighted by Gasteiger charge is 2.11. The zero-order chi connectivity index (χ0) is 21.3. The van der Waals surface area contributed by atoms with Gasteiger partial charge in [0, 0.05) is 11.3 Å². The Hall–Kier alpha value is -4.11. The summed E-state index contributed by atoms with van der Waals surface area (Å²) in [5.74, 6) is -0.00969. The number of para-hydroxylation sites is 1. The Balaban J connectivity index is 1.74. The van der Waals surface area contributed by atoms with Crippen molar-refractivity contribution in [3.63, 3.8) is 0 Å². The lowest BCUT2D eigenvalue weighted by Gasteiger charge is -2.12. The van der Waals surface area contributed by atoms with Crippen LogP contribution in [0, 0.1) is 17.1 Å². The predicted octanol–water partition coefficient (Wildman–Crippen LogP) is 4.92. The Morgan fingerprint density at radius 1 is 1.07 bits per heavy atom. The van der Waals surface area contributed by atoms with Crippen LogP contribution in [0.5, 0.6) is 11.5 Å². The number of nitrogens with zero attached hydrogens (tertiary/aromatic N) is 1. The number of ether oxygens (including phenoxy) is 2. The van der Waals surface area contributed by atoms with Crippen LogP contribution in [-0.2, 0) is 4.79 Å². The van der Waals surface area contributed by atoms with Gasteiger partial charge in [-0.25, -0.2) is 4.39 Å². The maximum absolute atomic E-state index is 14.0. The molecule has 5 nitrogen and oxygen atoms in total. The molecule has 0 unspecified atom stereocenters. The fraction of sp³-hybridized carbons (Fsp3) is 0.0833. The number of amides is 1. The third-order valence-corrected chi connectivity index (χ3v) is 4.20. The normalized spacial score (nSPS) is 10.8. The number of benzene rings is 3. The largest absolute Gasteiger partial charge is 0.493 e. The highest BCUT2D eigenvalue weighted by atomic mass is 19.1. The number of halogens is 1. The van der Waals surface area contributed by atoms with Gasteiger partial charge in [0.15, 0.2) is 18.1 Å². The van der Waals surface area contributed by atoms with Crippen LogP contribution >= 0.6 is 0 Å². The second-order valence-corrected chi connectivity index (χ2v) is 6.26. The summed E-state index contributed by atoms with van der Waals surface area (Å²) in [6, 6.07) is 22.2. The van der Waals surface area contributed by atoms with E-state index in [2.05, 4.69) is 5.32 Å². The third kappa shape index (κ3) is 5.24. The Kier molecular flexibility index (Phi) is 6.80. The van der Waals surface area contributed by atoms with Gasteiger partial charge in [-0.15, -0.1) is 0 Å². The molecule has 3 aromatic rings. The lowest BCUT2D eigenvalue weighted by atomic mass is 10.0. The Morgan fingerprint density at radius 3 is 2.50 bits per heavy atom. The van der Waals surface area contributed by atoms with Crippen molar-refractivity contribution >= 4 is 23.2 Å². The molecule has 30 heavy (non-hydrogen) atoms. The zero-order valence-electron chi connectivity index (χ0n) is 16.3. The van der Waals surface area contributed by atoms with Gasteiger partial charge in [-0.05, 0) is 42.0 Å². The van der Waals surface area contributed by atoms with Crippen LogP contribution in [0.15, 0.2) is 72.8 Å². The lowest BCUT2D eigenvalue weighted by molar-refractivity contribution is -0.118. The quantitative estimate of drug-likeness (QED) is 0.450. The molecule has 0 atom stereocenters. The van der Waals surface area contributed by atoms with Gasteiger partial charge in [0.2, 0.25) is 0 Å². The molecule has 0 spiro atoms. The van der Waals surface area contributed by atoms with Crippen molar-refractivity contribution in [3.05, 3.63) is 89.7 Å². The van der Waals surface area contributed by atoms with Crippen LogP contribution in [-0.4, -0.2) is 19.6 Å². The monoisotopic (exact) mass is 402 g/mol. The molecule has 0 bridgehead atoms. The fourth-order valence-corrected chi connectivity index (χ4v) is 2.77. The van der Waals surface area contributed by atoms with Crippen LogP contribution in [0.1, 0.15) is 11.1 Å². The average molecular weight is 402 g/mol. The van der Waals surface area contributed by atoms with E-state index in [4.69, 9.17) is 9.47 Å². The van der Waals surface area contributed by atoms with Crippen LogP contribution in [0.25, 0.3) is 11.6 Å². The maximum Gasteiger partial charge on any atom is 0.262 e. The molecular weight excluding hydrogens is 383 g/mol. The van der Waals surface area contributed by atoms with E-state index in [1.807, 2.05) is 24.3 Å². The first-order valence-electron chi connectivity index (χ1n) is 9.13. The summed E-state index contributed by atoms with van der Waals surface area (Å²) in [5, 5.41) is 12.2. The van der Waals surface area contributed by atoms with Crippen molar-refractivity contribution in [1.29, 1.82) is 5.26 Å². The number of nitriles is 1. The minimum Gasteiger partial charge on any atom is -0.493 e. The Morgan fingerprint density at radius 2 is 1.80 bits per heavy atom. The Bertz CT molecular complexity index is 1100. The standard InChI is InChI=1S/C24H19FN2O3/c1-29-23-14-17(13-18(15-26)20-9-5-6-10-21(20)25)11-12-22(23)30-16-24(28)27-19-7-3-2-4-8-19/h2-14H,16H2,1H3,(H,27,28)/b18-13-. The molecule has 0 saturated heterocycles. The average Bonchev–Trinajstić information content (AvgIpc) is 2.77. The summed E-state index contributed by atoms with van der Waals surface area (Å²) in [6.45, 7) is -0.195. The number of carbonyl (C=O) groups excluding carboxylic acids is 1. The topological polar surface area (TPSA) is 71.3 Å². The third-order valence-electron chi connectivity index (χ3n) is 4.20. The van der Waals surface area contributed by atoms with Crippen molar-refractivity contribution in [2.24, 2.45) is 0 Å². The number of anilines is 1. The molecule has 3 rings (SSSR count). The number of methoxy groups -OCH3 is 1. The molecule has 0 radical (unpaired) electrons. The van der Waals surface area contributed by atoms with Gasteiger partial charge in [0.05, 0.1) is 18.8 Å². The van der Waals surface area contributed by atoms with Gasteiger partial charge >= 0.3 is 0 Å². The minimum atomic E-state index is -0.471. The molecule has 1 N–H and O–H groups in total. The molecule has 0 aliphatic rings. The van der Waals surface area contributed by atoms with Crippen LogP contribution in [0.3, 0.4) is 0 Å². The van der Waals surface area contributed by atoms with Gasteiger partial charge in [0.1, 0.15) is 5.82 Å². The number of hydrogen-bond acceptors (Lipinski definition) is 4. The molecule has 0 aromatic heterocycles. The second kappa shape index (κ2) is 9.89. The number of allylic oxidation sites excluding steroid dienone is 1. The van der Waals surface area contributed by atoms with Crippen molar-refractivity contribution in [3.8, 4) is 17.6 Å². The predicted molar refractivity (Wildman–Crippen MR) is 113 cm³/mol. The molecule has 3 aromatic carbocycles. The number of nitrogens with one attached hydrogen (secondary N) is 1. The van der Waals surface area contributed by atoms with E-state index in [1.54, 1.807) is 54.6 Å². The van der Waals surface area contributed by atoms with Crippen LogP contribution in [0.2, 0.25) is 0 Å². The summed E-state index contributed by atoms with van der Waals surface area (Å²) in [4.78, 5) is 12.1. The van der Waals surface area contributed by atoms with Gasteiger partial charge in [-0.3, -0.25) is 4.79 Å². The zero-order valence-corrected chi connectivity index (χ0v) is 16.3. The van der Waals surface area contributed by atoms with E-state index in [1.165, 1.54) is 13.2 Å². The van der Waals surface area contributed by atoms with E-state index < -0.39 is 5.82 Å². The summed E-state index contributed by atoms with van der Waals surface area (Å²) in [6.07, 6.45) is 1.56. The summed E-state index contributed by atoms with van der Waals surface area (Å²) < 4.78 is 24.9. The Labute approximate surface area is 174 Å². The van der Waals surface area contributed by atoms with Crippen LogP contribution in [0.4, 0.5) is 10.1 Å². The molecule has 0 fully saturated rings.